The van der Waals surface area contributed by atoms with E-state index in [-0.39, 0.29) is 11.9 Å². The van der Waals surface area contributed by atoms with Crippen LogP contribution in [0.25, 0.3) is 0 Å². The molecule has 3 atom stereocenters. The summed E-state index contributed by atoms with van der Waals surface area (Å²) < 4.78 is 51.8. The second-order valence-electron chi connectivity index (χ2n) is 9.27. The molecule has 1 aliphatic heterocycles. The summed E-state index contributed by atoms with van der Waals surface area (Å²) in [6.07, 6.45) is 0.00197. The molecule has 2 aromatic carbocycles. The highest BCUT2D eigenvalue weighted by Crippen LogP contribution is 2.43. The van der Waals surface area contributed by atoms with Gasteiger partial charge in [0, 0.05) is 31.5 Å². The lowest BCUT2D eigenvalue weighted by atomic mass is 9.94. The molecule has 2 aromatic rings. The van der Waals surface area contributed by atoms with Crippen molar-refractivity contribution in [3.8, 4) is 11.5 Å². The molecule has 166 valence electrons. The normalized spacial score (nSPS) is 26.1. The van der Waals surface area contributed by atoms with E-state index in [1.165, 1.54) is 11.6 Å². The molecular formula is C25H28F3NO2. The molecular weight excluding hydrogens is 403 g/mol. The van der Waals surface area contributed by atoms with Gasteiger partial charge in [0.05, 0.1) is 12.2 Å². The number of nitrogens with zero attached hydrogens (tertiary/aromatic N) is 1. The van der Waals surface area contributed by atoms with Gasteiger partial charge in [0.25, 0.3) is 0 Å². The zero-order chi connectivity index (χ0) is 21.4. The Morgan fingerprint density at radius 3 is 2.23 bits per heavy atom. The van der Waals surface area contributed by atoms with Gasteiger partial charge in [-0.25, -0.2) is 0 Å². The van der Waals surface area contributed by atoms with Crippen LogP contribution < -0.4 is 9.47 Å². The molecule has 1 unspecified atom stereocenters. The molecule has 2 bridgehead atoms. The van der Waals surface area contributed by atoms with Gasteiger partial charge in [-0.1, -0.05) is 30.3 Å². The average Bonchev–Trinajstić information content (AvgIpc) is 3.54. The molecule has 5 rings (SSSR count). The average molecular weight is 431 g/mol. The second kappa shape index (κ2) is 8.38. The molecule has 3 aliphatic rings. The minimum absolute atomic E-state index is 0.0343. The van der Waals surface area contributed by atoms with Crippen LogP contribution in [0.15, 0.2) is 48.5 Å². The van der Waals surface area contributed by atoms with Gasteiger partial charge in [-0.2, -0.15) is 13.2 Å². The summed E-state index contributed by atoms with van der Waals surface area (Å²) in [6, 6.07) is 14.1. The van der Waals surface area contributed by atoms with Gasteiger partial charge in [-0.15, -0.1) is 0 Å². The van der Waals surface area contributed by atoms with Gasteiger partial charge < -0.3 is 9.47 Å². The first-order chi connectivity index (χ1) is 15.0. The molecule has 0 aromatic heterocycles. The fraction of sp³-hybridized carbons (Fsp3) is 0.520. The molecule has 0 radical (unpaired) electrons. The van der Waals surface area contributed by atoms with Crippen molar-refractivity contribution in [3.63, 3.8) is 0 Å². The number of benzene rings is 2. The van der Waals surface area contributed by atoms with Crippen molar-refractivity contribution in [3.05, 3.63) is 59.7 Å². The molecule has 1 saturated heterocycles. The van der Waals surface area contributed by atoms with Crippen LogP contribution in [0.3, 0.4) is 0 Å². The maximum absolute atomic E-state index is 13.2. The first kappa shape index (κ1) is 20.7. The van der Waals surface area contributed by atoms with Gasteiger partial charge in [0.2, 0.25) is 0 Å². The summed E-state index contributed by atoms with van der Waals surface area (Å²) >= 11 is 0. The first-order valence-corrected chi connectivity index (χ1v) is 11.2. The molecule has 2 aliphatic carbocycles. The summed E-state index contributed by atoms with van der Waals surface area (Å²) in [5, 5.41) is 0. The maximum atomic E-state index is 13.2. The second-order valence-corrected chi connectivity index (χ2v) is 9.27. The van der Waals surface area contributed by atoms with E-state index in [4.69, 9.17) is 9.47 Å². The van der Waals surface area contributed by atoms with Gasteiger partial charge in [-0.3, -0.25) is 4.90 Å². The molecule has 31 heavy (non-hydrogen) atoms. The number of likely N-dealkylation sites (tertiary alicyclic amines) is 1. The van der Waals surface area contributed by atoms with Crippen molar-refractivity contribution in [2.24, 2.45) is 17.8 Å². The number of hydrogen-bond donors (Lipinski definition) is 0. The Bertz CT molecular complexity index is 883. The summed E-state index contributed by atoms with van der Waals surface area (Å²) in [5.41, 5.74) is 0.617. The number of rotatable bonds is 7. The van der Waals surface area contributed by atoms with Gasteiger partial charge in [-0.05, 0) is 55.4 Å². The number of alkyl halides is 3. The van der Waals surface area contributed by atoms with E-state index in [1.54, 1.807) is 0 Å². The highest BCUT2D eigenvalue weighted by atomic mass is 19.4. The van der Waals surface area contributed by atoms with Crippen LogP contribution >= 0.6 is 0 Å². The van der Waals surface area contributed by atoms with Crippen molar-refractivity contribution in [1.29, 1.82) is 0 Å². The number of halogens is 3. The molecule has 0 amide bonds. The Hall–Kier alpha value is -2.21. The van der Waals surface area contributed by atoms with Crippen LogP contribution in [0.5, 0.6) is 11.5 Å². The predicted molar refractivity (Wildman–Crippen MR) is 112 cm³/mol. The SMILES string of the molecule is FC(F)(F)c1ccc(OC2[C@@H]3CC[C@H]2CN(Cc2ccccc2)C3)c(OCC2CC2)c1. The Balaban J connectivity index is 1.29. The monoisotopic (exact) mass is 431 g/mol. The summed E-state index contributed by atoms with van der Waals surface area (Å²) in [6.45, 7) is 3.29. The van der Waals surface area contributed by atoms with E-state index < -0.39 is 11.7 Å². The standard InChI is InChI=1S/C25H28F3NO2/c26-25(27,28)21-10-11-22(23(12-21)30-16-18-6-7-18)31-24-19-8-9-20(24)15-29(14-19)13-17-4-2-1-3-5-17/h1-5,10-12,18-20,24H,6-9,13-16H2/t19-,20+,24?. The molecule has 0 spiro atoms. The van der Waals surface area contributed by atoms with Crippen molar-refractivity contribution in [2.45, 2.75) is 44.5 Å². The van der Waals surface area contributed by atoms with E-state index in [0.29, 0.717) is 30.1 Å². The van der Waals surface area contributed by atoms with Gasteiger partial charge >= 0.3 is 6.18 Å². The zero-order valence-corrected chi connectivity index (χ0v) is 17.5. The Kier molecular flexibility index (Phi) is 5.59. The Morgan fingerprint density at radius 1 is 0.871 bits per heavy atom. The number of hydrogen-bond acceptors (Lipinski definition) is 3. The minimum atomic E-state index is -4.39. The summed E-state index contributed by atoms with van der Waals surface area (Å²) in [4.78, 5) is 2.48. The lowest BCUT2D eigenvalue weighted by Gasteiger charge is -2.38. The van der Waals surface area contributed by atoms with Crippen molar-refractivity contribution < 1.29 is 22.6 Å². The molecule has 0 N–H and O–H groups in total. The summed E-state index contributed by atoms with van der Waals surface area (Å²) in [7, 11) is 0. The molecule has 6 heteroatoms. The van der Waals surface area contributed by atoms with Crippen LogP contribution in [0.4, 0.5) is 13.2 Å². The van der Waals surface area contributed by atoms with Crippen LogP contribution in [-0.2, 0) is 12.7 Å². The van der Waals surface area contributed by atoms with Gasteiger partial charge in [0.1, 0.15) is 6.10 Å². The molecule has 3 nitrogen and oxygen atoms in total. The lowest BCUT2D eigenvalue weighted by Crippen LogP contribution is -2.46. The van der Waals surface area contributed by atoms with Crippen LogP contribution in [0.1, 0.15) is 36.8 Å². The van der Waals surface area contributed by atoms with Crippen molar-refractivity contribution >= 4 is 0 Å². The molecule has 2 saturated carbocycles. The van der Waals surface area contributed by atoms with Crippen LogP contribution in [0, 0.1) is 17.8 Å². The Labute approximate surface area is 181 Å². The predicted octanol–water partition coefficient (Wildman–Crippen LogP) is 5.78. The molecule has 1 heterocycles. The fourth-order valence-corrected chi connectivity index (χ4v) is 4.97. The van der Waals surface area contributed by atoms with E-state index in [9.17, 15) is 13.2 Å². The van der Waals surface area contributed by atoms with E-state index >= 15 is 0 Å². The lowest BCUT2D eigenvalue weighted by molar-refractivity contribution is -0.137. The third-order valence-electron chi connectivity index (χ3n) is 6.78. The largest absolute Gasteiger partial charge is 0.489 e. The third-order valence-corrected chi connectivity index (χ3v) is 6.78. The number of piperidine rings is 1. The van der Waals surface area contributed by atoms with Crippen LogP contribution in [0.2, 0.25) is 0 Å². The zero-order valence-electron chi connectivity index (χ0n) is 17.5. The fourth-order valence-electron chi connectivity index (χ4n) is 4.97. The first-order valence-electron chi connectivity index (χ1n) is 11.2. The van der Waals surface area contributed by atoms with E-state index in [1.807, 2.05) is 6.07 Å². The Morgan fingerprint density at radius 2 is 1.58 bits per heavy atom. The quantitative estimate of drug-likeness (QED) is 0.554. The van der Waals surface area contributed by atoms with Crippen LogP contribution in [-0.4, -0.2) is 30.7 Å². The maximum Gasteiger partial charge on any atom is 0.416 e. The number of ether oxygens (including phenoxy) is 2. The highest BCUT2D eigenvalue weighted by Gasteiger charge is 2.44. The minimum Gasteiger partial charge on any atom is -0.489 e. The number of fused-ring (bicyclic) bond motifs is 2. The topological polar surface area (TPSA) is 21.7 Å². The third kappa shape index (κ3) is 4.84. The highest BCUT2D eigenvalue weighted by molar-refractivity contribution is 5.44. The smallest absolute Gasteiger partial charge is 0.416 e. The molecule has 3 fully saturated rings. The van der Waals surface area contributed by atoms with Gasteiger partial charge in [0.15, 0.2) is 11.5 Å². The summed E-state index contributed by atoms with van der Waals surface area (Å²) in [5.74, 6) is 1.92. The van der Waals surface area contributed by atoms with Crippen molar-refractivity contribution in [2.75, 3.05) is 19.7 Å². The van der Waals surface area contributed by atoms with E-state index in [0.717, 1.165) is 57.5 Å². The van der Waals surface area contributed by atoms with Crippen molar-refractivity contribution in [1.82, 2.24) is 4.90 Å². The van der Waals surface area contributed by atoms with E-state index in [2.05, 4.69) is 29.2 Å².